The number of H-pyrrole nitrogens is 1. The Bertz CT molecular complexity index is 928. The Morgan fingerprint density at radius 1 is 1.17 bits per heavy atom. The lowest BCUT2D eigenvalue weighted by Gasteiger charge is -2.31. The van der Waals surface area contributed by atoms with Gasteiger partial charge < -0.3 is 5.32 Å². The third-order valence-electron chi connectivity index (χ3n) is 5.33. The van der Waals surface area contributed by atoms with Gasteiger partial charge in [0.05, 0.1) is 6.20 Å². The highest BCUT2D eigenvalue weighted by molar-refractivity contribution is 5.65. The van der Waals surface area contributed by atoms with E-state index in [9.17, 15) is 4.39 Å². The predicted octanol–water partition coefficient (Wildman–Crippen LogP) is 4.21. The SMILES string of the molecule is CC(C)Nc1ncc(CN2CCC(c3[nH]ncc3-c3cccc(F)c3)CC2)cn1. The van der Waals surface area contributed by atoms with Crippen molar-refractivity contribution in [2.24, 2.45) is 0 Å². The molecule has 1 fully saturated rings. The van der Waals surface area contributed by atoms with Gasteiger partial charge in [0.25, 0.3) is 0 Å². The number of aromatic amines is 1. The quantitative estimate of drug-likeness (QED) is 0.656. The molecule has 0 atom stereocenters. The van der Waals surface area contributed by atoms with Crippen LogP contribution in [-0.2, 0) is 6.54 Å². The van der Waals surface area contributed by atoms with Crippen molar-refractivity contribution in [3.8, 4) is 11.1 Å². The highest BCUT2D eigenvalue weighted by Gasteiger charge is 2.24. The normalized spacial score (nSPS) is 15.7. The molecule has 4 rings (SSSR count). The van der Waals surface area contributed by atoms with Gasteiger partial charge in [-0.25, -0.2) is 14.4 Å². The molecule has 0 aliphatic carbocycles. The molecule has 6 nitrogen and oxygen atoms in total. The summed E-state index contributed by atoms with van der Waals surface area (Å²) in [6.45, 7) is 6.99. The lowest BCUT2D eigenvalue weighted by atomic mass is 9.89. The Morgan fingerprint density at radius 3 is 2.62 bits per heavy atom. The van der Waals surface area contributed by atoms with Gasteiger partial charge in [-0.15, -0.1) is 0 Å². The van der Waals surface area contributed by atoms with Gasteiger partial charge in [-0.2, -0.15) is 5.10 Å². The monoisotopic (exact) mass is 394 g/mol. The maximum absolute atomic E-state index is 13.6. The Morgan fingerprint density at radius 2 is 1.93 bits per heavy atom. The average molecular weight is 394 g/mol. The van der Waals surface area contributed by atoms with Crippen molar-refractivity contribution in [3.05, 3.63) is 59.9 Å². The lowest BCUT2D eigenvalue weighted by Crippen LogP contribution is -2.32. The van der Waals surface area contributed by atoms with Crippen molar-refractivity contribution >= 4 is 5.95 Å². The van der Waals surface area contributed by atoms with Crippen LogP contribution in [0.15, 0.2) is 42.9 Å². The van der Waals surface area contributed by atoms with E-state index >= 15 is 0 Å². The van der Waals surface area contributed by atoms with Crippen molar-refractivity contribution in [1.29, 1.82) is 0 Å². The Hall–Kier alpha value is -2.80. The van der Waals surface area contributed by atoms with Crippen LogP contribution in [0, 0.1) is 5.82 Å². The highest BCUT2D eigenvalue weighted by Crippen LogP contribution is 2.34. The Kier molecular flexibility index (Phi) is 5.85. The molecule has 3 heterocycles. The van der Waals surface area contributed by atoms with E-state index < -0.39 is 0 Å². The summed E-state index contributed by atoms with van der Waals surface area (Å²) in [6, 6.07) is 7.04. The number of likely N-dealkylation sites (tertiary alicyclic amines) is 1. The zero-order valence-electron chi connectivity index (χ0n) is 16.9. The minimum atomic E-state index is -0.221. The van der Waals surface area contributed by atoms with Crippen molar-refractivity contribution in [1.82, 2.24) is 25.1 Å². The zero-order chi connectivity index (χ0) is 20.2. The summed E-state index contributed by atoms with van der Waals surface area (Å²) < 4.78 is 13.6. The topological polar surface area (TPSA) is 69.7 Å². The summed E-state index contributed by atoms with van der Waals surface area (Å²) in [5.74, 6) is 0.855. The number of nitrogens with zero attached hydrogens (tertiary/aromatic N) is 4. The molecule has 0 spiro atoms. The molecule has 0 radical (unpaired) electrons. The molecule has 3 aromatic rings. The number of nitrogens with one attached hydrogen (secondary N) is 2. The Balaban J connectivity index is 1.36. The minimum absolute atomic E-state index is 0.221. The van der Waals surface area contributed by atoms with E-state index in [0.717, 1.165) is 54.9 Å². The van der Waals surface area contributed by atoms with Crippen LogP contribution in [0.4, 0.5) is 10.3 Å². The number of anilines is 1. The van der Waals surface area contributed by atoms with Crippen LogP contribution < -0.4 is 5.32 Å². The molecule has 0 bridgehead atoms. The first-order chi connectivity index (χ1) is 14.1. The predicted molar refractivity (Wildman–Crippen MR) is 112 cm³/mol. The number of hydrogen-bond donors (Lipinski definition) is 2. The number of aromatic nitrogens is 4. The summed E-state index contributed by atoms with van der Waals surface area (Å²) in [5, 5.41) is 10.6. The van der Waals surface area contributed by atoms with E-state index in [4.69, 9.17) is 0 Å². The molecule has 2 aromatic heterocycles. The average Bonchev–Trinajstić information content (AvgIpc) is 3.20. The molecule has 7 heteroatoms. The van der Waals surface area contributed by atoms with E-state index in [2.05, 4.69) is 44.2 Å². The van der Waals surface area contributed by atoms with Crippen molar-refractivity contribution < 1.29 is 4.39 Å². The molecular weight excluding hydrogens is 367 g/mol. The molecule has 1 aromatic carbocycles. The Labute approximate surface area is 170 Å². The molecule has 0 saturated carbocycles. The smallest absolute Gasteiger partial charge is 0.222 e. The van der Waals surface area contributed by atoms with Crippen LogP contribution in [0.2, 0.25) is 0 Å². The molecule has 29 heavy (non-hydrogen) atoms. The first kappa shape index (κ1) is 19.5. The fraction of sp³-hybridized carbons (Fsp3) is 0.409. The van der Waals surface area contributed by atoms with Gasteiger partial charge >= 0.3 is 0 Å². The summed E-state index contributed by atoms with van der Waals surface area (Å²) in [5.41, 5.74) is 4.12. The number of piperidine rings is 1. The van der Waals surface area contributed by atoms with Crippen molar-refractivity contribution in [2.75, 3.05) is 18.4 Å². The van der Waals surface area contributed by atoms with Crippen LogP contribution in [0.3, 0.4) is 0 Å². The number of benzene rings is 1. The molecule has 1 aliphatic rings. The number of halogens is 1. The lowest BCUT2D eigenvalue weighted by molar-refractivity contribution is 0.203. The van der Waals surface area contributed by atoms with Gasteiger partial charge in [-0.1, -0.05) is 12.1 Å². The van der Waals surface area contributed by atoms with E-state index in [-0.39, 0.29) is 5.82 Å². The van der Waals surface area contributed by atoms with Gasteiger partial charge in [0.15, 0.2) is 0 Å². The number of rotatable bonds is 6. The summed E-state index contributed by atoms with van der Waals surface area (Å²) in [4.78, 5) is 11.2. The van der Waals surface area contributed by atoms with Gasteiger partial charge in [0.2, 0.25) is 5.95 Å². The van der Waals surface area contributed by atoms with Crippen molar-refractivity contribution in [2.45, 2.75) is 45.2 Å². The summed E-state index contributed by atoms with van der Waals surface area (Å²) in [6.07, 6.45) is 7.69. The van der Waals surface area contributed by atoms with Crippen LogP contribution in [0.5, 0.6) is 0 Å². The van der Waals surface area contributed by atoms with Gasteiger partial charge in [-0.05, 0) is 57.5 Å². The zero-order valence-corrected chi connectivity index (χ0v) is 16.9. The fourth-order valence-electron chi connectivity index (χ4n) is 3.90. The van der Waals surface area contributed by atoms with Crippen LogP contribution in [0.1, 0.15) is 43.9 Å². The van der Waals surface area contributed by atoms with Crippen LogP contribution >= 0.6 is 0 Å². The van der Waals surface area contributed by atoms with Crippen molar-refractivity contribution in [3.63, 3.8) is 0 Å². The fourth-order valence-corrected chi connectivity index (χ4v) is 3.90. The largest absolute Gasteiger partial charge is 0.352 e. The maximum Gasteiger partial charge on any atom is 0.222 e. The highest BCUT2D eigenvalue weighted by atomic mass is 19.1. The summed E-state index contributed by atoms with van der Waals surface area (Å²) in [7, 11) is 0. The molecular formula is C22H27FN6. The molecule has 1 aliphatic heterocycles. The third-order valence-corrected chi connectivity index (χ3v) is 5.33. The number of hydrogen-bond acceptors (Lipinski definition) is 5. The molecule has 2 N–H and O–H groups in total. The standard InChI is InChI=1S/C22H27FN6/c1-15(2)27-22-24-11-16(12-25-22)14-29-8-6-17(7-9-29)21-20(13-26-28-21)18-4-3-5-19(23)10-18/h3-5,10-13,15,17H,6-9,14H2,1-2H3,(H,26,28)(H,24,25,27). The van der Waals surface area contributed by atoms with Crippen LogP contribution in [-0.4, -0.2) is 44.2 Å². The molecule has 152 valence electrons. The first-order valence-corrected chi connectivity index (χ1v) is 10.2. The van der Waals surface area contributed by atoms with E-state index in [1.165, 1.54) is 6.07 Å². The van der Waals surface area contributed by atoms with Gasteiger partial charge in [0.1, 0.15) is 5.82 Å². The molecule has 0 unspecified atom stereocenters. The maximum atomic E-state index is 13.6. The van der Waals surface area contributed by atoms with Gasteiger partial charge in [0, 0.05) is 47.7 Å². The second-order valence-corrected chi connectivity index (χ2v) is 7.97. The van der Waals surface area contributed by atoms with E-state index in [0.29, 0.717) is 17.9 Å². The molecule has 1 saturated heterocycles. The second-order valence-electron chi connectivity index (χ2n) is 7.97. The second kappa shape index (κ2) is 8.69. The van der Waals surface area contributed by atoms with Gasteiger partial charge in [-0.3, -0.25) is 10.00 Å². The third kappa shape index (κ3) is 4.79. The first-order valence-electron chi connectivity index (χ1n) is 10.2. The van der Waals surface area contributed by atoms with Crippen LogP contribution in [0.25, 0.3) is 11.1 Å². The van der Waals surface area contributed by atoms with E-state index in [1.54, 1.807) is 18.3 Å². The summed E-state index contributed by atoms with van der Waals surface area (Å²) >= 11 is 0. The van der Waals surface area contributed by atoms with E-state index in [1.807, 2.05) is 18.5 Å². The minimum Gasteiger partial charge on any atom is -0.352 e. The molecule has 0 amide bonds.